The summed E-state index contributed by atoms with van der Waals surface area (Å²) in [4.78, 5) is 26.3. The first-order valence-corrected chi connectivity index (χ1v) is 11.1. The highest BCUT2D eigenvalue weighted by Gasteiger charge is 2.43. The number of benzene rings is 2. The van der Waals surface area contributed by atoms with Gasteiger partial charge in [-0.2, -0.15) is 5.26 Å². The van der Waals surface area contributed by atoms with E-state index in [2.05, 4.69) is 18.0 Å². The molecular formula is C25H24Cl2N2O4. The van der Waals surface area contributed by atoms with Gasteiger partial charge in [-0.1, -0.05) is 59.6 Å². The Balaban J connectivity index is 2.05. The lowest BCUT2D eigenvalue weighted by molar-refractivity contribution is -0.148. The van der Waals surface area contributed by atoms with E-state index >= 15 is 0 Å². The van der Waals surface area contributed by atoms with Crippen LogP contribution in [0.4, 0.5) is 0 Å². The van der Waals surface area contributed by atoms with Crippen molar-refractivity contribution in [1.29, 1.82) is 5.26 Å². The average molecular weight is 487 g/mol. The maximum Gasteiger partial charge on any atom is 0.336 e. The second kappa shape index (κ2) is 10.4. The van der Waals surface area contributed by atoms with Crippen molar-refractivity contribution < 1.29 is 19.1 Å². The molecule has 2 aromatic rings. The van der Waals surface area contributed by atoms with Gasteiger partial charge in [0.05, 0.1) is 34.2 Å². The Morgan fingerprint density at radius 1 is 1.21 bits per heavy atom. The van der Waals surface area contributed by atoms with E-state index < -0.39 is 22.8 Å². The number of ether oxygens (including phenoxy) is 2. The first kappa shape index (κ1) is 24.8. The first-order valence-electron chi connectivity index (χ1n) is 10.4. The van der Waals surface area contributed by atoms with E-state index in [4.69, 9.17) is 32.7 Å². The molecule has 0 radical (unpaired) electrons. The Kier molecular flexibility index (Phi) is 7.80. The molecule has 6 nitrogen and oxygen atoms in total. The lowest BCUT2D eigenvalue weighted by Gasteiger charge is -2.34. The van der Waals surface area contributed by atoms with Crippen molar-refractivity contribution in [3.63, 3.8) is 0 Å². The molecule has 1 unspecified atom stereocenters. The molecule has 1 N–H and O–H groups in total. The molecule has 0 aromatic heterocycles. The third kappa shape index (κ3) is 4.77. The van der Waals surface area contributed by atoms with Crippen LogP contribution in [0.2, 0.25) is 10.0 Å². The summed E-state index contributed by atoms with van der Waals surface area (Å²) in [5.74, 6) is -1.30. The SMILES string of the molecule is C=CCC(NC(=O)c1c(Cl)cccc1Cl)(C(=O)OC)c1ccc(C2(C#N)CCOCC2)cc1. The summed E-state index contributed by atoms with van der Waals surface area (Å²) in [5.41, 5.74) is -0.855. The molecule has 1 amide bonds. The smallest absolute Gasteiger partial charge is 0.336 e. The van der Waals surface area contributed by atoms with Gasteiger partial charge in [-0.25, -0.2) is 4.79 Å². The van der Waals surface area contributed by atoms with Crippen molar-refractivity contribution in [2.45, 2.75) is 30.2 Å². The van der Waals surface area contributed by atoms with Gasteiger partial charge in [-0.05, 0) is 36.1 Å². The van der Waals surface area contributed by atoms with Crippen LogP contribution in [0.25, 0.3) is 0 Å². The molecule has 0 aliphatic carbocycles. The van der Waals surface area contributed by atoms with Crippen molar-refractivity contribution in [3.05, 3.63) is 81.9 Å². The van der Waals surface area contributed by atoms with Crippen molar-refractivity contribution in [1.82, 2.24) is 5.32 Å². The van der Waals surface area contributed by atoms with Crippen LogP contribution in [0.1, 0.15) is 40.7 Å². The van der Waals surface area contributed by atoms with Crippen LogP contribution >= 0.6 is 23.2 Å². The number of nitrogens with one attached hydrogen (secondary N) is 1. The van der Waals surface area contributed by atoms with Crippen LogP contribution in [0, 0.1) is 11.3 Å². The summed E-state index contributed by atoms with van der Waals surface area (Å²) in [6, 6.07) is 14.2. The number of amides is 1. The van der Waals surface area contributed by atoms with E-state index in [1.54, 1.807) is 42.5 Å². The fraction of sp³-hybridized carbons (Fsp3) is 0.320. The predicted octanol–water partition coefficient (Wildman–Crippen LogP) is 4.94. The fourth-order valence-electron chi connectivity index (χ4n) is 4.11. The Bertz CT molecular complexity index is 1070. The average Bonchev–Trinajstić information content (AvgIpc) is 2.83. The molecule has 1 fully saturated rings. The van der Waals surface area contributed by atoms with Crippen molar-refractivity contribution in [3.8, 4) is 6.07 Å². The van der Waals surface area contributed by atoms with Gasteiger partial charge in [0.25, 0.3) is 5.91 Å². The number of methoxy groups -OCH3 is 1. The molecule has 0 saturated carbocycles. The molecule has 2 aromatic carbocycles. The Morgan fingerprint density at radius 2 is 1.82 bits per heavy atom. The topological polar surface area (TPSA) is 88.4 Å². The minimum Gasteiger partial charge on any atom is -0.467 e. The zero-order valence-electron chi connectivity index (χ0n) is 18.2. The molecule has 3 rings (SSSR count). The Morgan fingerprint density at radius 3 is 2.33 bits per heavy atom. The summed E-state index contributed by atoms with van der Waals surface area (Å²) >= 11 is 12.4. The van der Waals surface area contributed by atoms with Gasteiger partial charge in [-0.3, -0.25) is 4.79 Å². The standard InChI is InChI=1S/C25H24Cl2N2O4/c1-3-11-25(23(31)32-2,29-22(30)21-19(26)5-4-6-20(21)27)18-9-7-17(8-10-18)24(16-28)12-14-33-15-13-24/h3-10H,1,11-15H2,2H3,(H,29,30). The normalized spacial score (nSPS) is 16.7. The Hall–Kier alpha value is -2.85. The van der Waals surface area contributed by atoms with E-state index in [1.165, 1.54) is 13.2 Å². The third-order valence-electron chi connectivity index (χ3n) is 5.99. The summed E-state index contributed by atoms with van der Waals surface area (Å²) in [5, 5.41) is 12.9. The van der Waals surface area contributed by atoms with E-state index in [0.29, 0.717) is 31.6 Å². The molecule has 1 atom stereocenters. The lowest BCUT2D eigenvalue weighted by Crippen LogP contribution is -2.52. The van der Waals surface area contributed by atoms with Crippen molar-refractivity contribution in [2.75, 3.05) is 20.3 Å². The van der Waals surface area contributed by atoms with E-state index in [0.717, 1.165) is 5.56 Å². The van der Waals surface area contributed by atoms with Gasteiger partial charge in [0.15, 0.2) is 5.54 Å². The fourth-order valence-corrected chi connectivity index (χ4v) is 4.68. The van der Waals surface area contributed by atoms with E-state index in [1.807, 2.05) is 0 Å². The highest BCUT2D eigenvalue weighted by molar-refractivity contribution is 6.39. The van der Waals surface area contributed by atoms with Crippen LogP contribution in [0.3, 0.4) is 0 Å². The van der Waals surface area contributed by atoms with Gasteiger partial charge < -0.3 is 14.8 Å². The highest BCUT2D eigenvalue weighted by atomic mass is 35.5. The molecule has 1 aliphatic heterocycles. The monoisotopic (exact) mass is 486 g/mol. The number of esters is 1. The summed E-state index contributed by atoms with van der Waals surface area (Å²) in [6.07, 6.45) is 2.75. The molecule has 1 aliphatic rings. The van der Waals surface area contributed by atoms with Crippen LogP contribution in [0.15, 0.2) is 55.1 Å². The second-order valence-electron chi connectivity index (χ2n) is 7.82. The number of halogens is 2. The van der Waals surface area contributed by atoms with E-state index in [-0.39, 0.29) is 22.0 Å². The van der Waals surface area contributed by atoms with E-state index in [9.17, 15) is 14.9 Å². The largest absolute Gasteiger partial charge is 0.467 e. The van der Waals surface area contributed by atoms with Crippen LogP contribution < -0.4 is 5.32 Å². The lowest BCUT2D eigenvalue weighted by atomic mass is 9.74. The quantitative estimate of drug-likeness (QED) is 0.442. The zero-order valence-corrected chi connectivity index (χ0v) is 19.7. The third-order valence-corrected chi connectivity index (χ3v) is 6.62. The number of nitrogens with zero attached hydrogens (tertiary/aromatic N) is 1. The molecule has 0 bridgehead atoms. The molecule has 1 heterocycles. The second-order valence-corrected chi connectivity index (χ2v) is 8.64. The number of rotatable bonds is 7. The maximum absolute atomic E-state index is 13.2. The summed E-state index contributed by atoms with van der Waals surface area (Å²) in [7, 11) is 1.25. The summed E-state index contributed by atoms with van der Waals surface area (Å²) < 4.78 is 10.5. The molecule has 0 spiro atoms. The zero-order chi connectivity index (χ0) is 24.1. The molecule has 172 valence electrons. The number of hydrogen-bond donors (Lipinski definition) is 1. The molecule has 1 saturated heterocycles. The number of carbonyl (C=O) groups is 2. The van der Waals surface area contributed by atoms with Crippen molar-refractivity contribution in [2.24, 2.45) is 0 Å². The maximum atomic E-state index is 13.2. The number of nitriles is 1. The van der Waals surface area contributed by atoms with Gasteiger partial charge in [0, 0.05) is 19.6 Å². The molecule has 33 heavy (non-hydrogen) atoms. The molecule has 8 heteroatoms. The minimum atomic E-state index is -1.57. The van der Waals surface area contributed by atoms with Gasteiger partial charge in [0.2, 0.25) is 0 Å². The van der Waals surface area contributed by atoms with Crippen LogP contribution in [0.5, 0.6) is 0 Å². The highest BCUT2D eigenvalue weighted by Crippen LogP contribution is 2.36. The first-order chi connectivity index (χ1) is 15.8. The van der Waals surface area contributed by atoms with Gasteiger partial charge in [0.1, 0.15) is 0 Å². The van der Waals surface area contributed by atoms with Crippen LogP contribution in [-0.2, 0) is 25.2 Å². The predicted molar refractivity (Wildman–Crippen MR) is 126 cm³/mol. The van der Waals surface area contributed by atoms with Crippen molar-refractivity contribution >= 4 is 35.1 Å². The van der Waals surface area contributed by atoms with Gasteiger partial charge in [-0.15, -0.1) is 6.58 Å². The minimum absolute atomic E-state index is 0.0560. The number of carbonyl (C=O) groups excluding carboxylic acids is 2. The Labute approximate surface area is 203 Å². The molecular weight excluding hydrogens is 463 g/mol. The van der Waals surface area contributed by atoms with Gasteiger partial charge >= 0.3 is 5.97 Å². The van der Waals surface area contributed by atoms with Crippen LogP contribution in [-0.4, -0.2) is 32.2 Å². The summed E-state index contributed by atoms with van der Waals surface area (Å²) in [6.45, 7) is 4.76. The number of hydrogen-bond acceptors (Lipinski definition) is 5.